The normalized spacial score (nSPS) is 10.4. The average Bonchev–Trinajstić information content (AvgIpc) is 2.94. The van der Waals surface area contributed by atoms with Crippen molar-refractivity contribution in [1.82, 2.24) is 20.1 Å². The van der Waals surface area contributed by atoms with Crippen molar-refractivity contribution < 1.29 is 4.52 Å². The van der Waals surface area contributed by atoms with E-state index in [1.165, 1.54) is 6.26 Å². The molecule has 0 fully saturated rings. The van der Waals surface area contributed by atoms with Crippen LogP contribution in [0.25, 0.3) is 22.9 Å². The van der Waals surface area contributed by atoms with Crippen molar-refractivity contribution >= 4 is 0 Å². The van der Waals surface area contributed by atoms with Crippen LogP contribution in [-0.4, -0.2) is 20.1 Å². The second-order valence-electron chi connectivity index (χ2n) is 3.37. The molecule has 3 aromatic heterocycles. The highest BCUT2D eigenvalue weighted by Crippen LogP contribution is 2.17. The van der Waals surface area contributed by atoms with Crippen LogP contribution in [0, 0.1) is 0 Å². The summed E-state index contributed by atoms with van der Waals surface area (Å²) < 4.78 is 4.79. The second kappa shape index (κ2) is 4.13. The van der Waals surface area contributed by atoms with Crippen LogP contribution in [0.3, 0.4) is 0 Å². The van der Waals surface area contributed by atoms with Crippen molar-refractivity contribution in [1.29, 1.82) is 0 Å². The summed E-state index contributed by atoms with van der Waals surface area (Å²) in [5.41, 5.74) is 2.14. The highest BCUT2D eigenvalue weighted by molar-refractivity contribution is 5.57. The molecule has 0 N–H and O–H groups in total. The summed E-state index contributed by atoms with van der Waals surface area (Å²) in [5.74, 6) is 0.575. The van der Waals surface area contributed by atoms with Crippen LogP contribution in [0.15, 0.2) is 53.5 Å². The predicted octanol–water partition coefficient (Wildman–Crippen LogP) is 2.19. The van der Waals surface area contributed by atoms with E-state index in [1.807, 2.05) is 18.2 Å². The molecule has 0 atom stereocenters. The minimum absolute atomic E-state index is 0.575. The van der Waals surface area contributed by atoms with Crippen LogP contribution in [0.4, 0.5) is 0 Å². The standard InChI is InChI=1S/C12H8N4O/c1-2-6-13-11(3-1)12-14-7-4-9(15-12)10-5-8-17-16-10/h1-8H. The summed E-state index contributed by atoms with van der Waals surface area (Å²) in [6.45, 7) is 0. The van der Waals surface area contributed by atoms with Crippen molar-refractivity contribution in [3.05, 3.63) is 49.0 Å². The number of rotatable bonds is 2. The fourth-order valence-electron chi connectivity index (χ4n) is 1.46. The molecule has 0 bridgehead atoms. The third-order valence-electron chi connectivity index (χ3n) is 2.25. The Morgan fingerprint density at radius 2 is 1.82 bits per heavy atom. The van der Waals surface area contributed by atoms with Crippen molar-refractivity contribution in [3.8, 4) is 22.9 Å². The maximum Gasteiger partial charge on any atom is 0.178 e. The topological polar surface area (TPSA) is 64.7 Å². The molecule has 0 aliphatic carbocycles. The molecule has 0 aromatic carbocycles. The lowest BCUT2D eigenvalue weighted by atomic mass is 10.3. The Hall–Kier alpha value is -2.56. The molecule has 0 aliphatic rings. The van der Waals surface area contributed by atoms with E-state index in [4.69, 9.17) is 4.52 Å². The molecule has 3 heterocycles. The summed E-state index contributed by atoms with van der Waals surface area (Å²) in [6, 6.07) is 9.15. The lowest BCUT2D eigenvalue weighted by Gasteiger charge is -2.00. The van der Waals surface area contributed by atoms with Crippen molar-refractivity contribution in [2.75, 3.05) is 0 Å². The largest absolute Gasteiger partial charge is 0.364 e. The van der Waals surface area contributed by atoms with E-state index in [-0.39, 0.29) is 0 Å². The van der Waals surface area contributed by atoms with E-state index < -0.39 is 0 Å². The zero-order chi connectivity index (χ0) is 11.5. The van der Waals surface area contributed by atoms with Crippen LogP contribution >= 0.6 is 0 Å². The van der Waals surface area contributed by atoms with Gasteiger partial charge in [0.05, 0.1) is 5.69 Å². The van der Waals surface area contributed by atoms with Crippen LogP contribution in [0.1, 0.15) is 0 Å². The second-order valence-corrected chi connectivity index (χ2v) is 3.37. The van der Waals surface area contributed by atoms with Gasteiger partial charge in [-0.05, 0) is 18.2 Å². The number of nitrogens with zero attached hydrogens (tertiary/aromatic N) is 4. The van der Waals surface area contributed by atoms with E-state index >= 15 is 0 Å². The van der Waals surface area contributed by atoms with Gasteiger partial charge in [0.1, 0.15) is 17.7 Å². The summed E-state index contributed by atoms with van der Waals surface area (Å²) >= 11 is 0. The first-order valence-electron chi connectivity index (χ1n) is 5.09. The molecule has 0 saturated carbocycles. The molecule has 3 aromatic rings. The summed E-state index contributed by atoms with van der Waals surface area (Å²) in [7, 11) is 0. The first-order chi connectivity index (χ1) is 8.43. The molecule has 0 unspecified atom stereocenters. The lowest BCUT2D eigenvalue weighted by molar-refractivity contribution is 0.422. The Morgan fingerprint density at radius 3 is 2.59 bits per heavy atom. The molecule has 0 amide bonds. The zero-order valence-electron chi connectivity index (χ0n) is 8.82. The minimum atomic E-state index is 0.575. The van der Waals surface area contributed by atoms with E-state index in [0.29, 0.717) is 11.5 Å². The third-order valence-corrected chi connectivity index (χ3v) is 2.25. The van der Waals surface area contributed by atoms with Gasteiger partial charge in [-0.1, -0.05) is 11.2 Å². The Balaban J connectivity index is 2.06. The van der Waals surface area contributed by atoms with Gasteiger partial charge in [0.15, 0.2) is 5.82 Å². The van der Waals surface area contributed by atoms with Gasteiger partial charge < -0.3 is 4.52 Å². The van der Waals surface area contributed by atoms with Crippen molar-refractivity contribution in [3.63, 3.8) is 0 Å². The van der Waals surface area contributed by atoms with Gasteiger partial charge in [0.25, 0.3) is 0 Å². The van der Waals surface area contributed by atoms with Crippen LogP contribution in [-0.2, 0) is 0 Å². The highest BCUT2D eigenvalue weighted by atomic mass is 16.5. The molecule has 0 aliphatic heterocycles. The number of pyridine rings is 1. The summed E-state index contributed by atoms with van der Waals surface area (Å²) in [5, 5.41) is 3.84. The van der Waals surface area contributed by atoms with E-state index in [1.54, 1.807) is 24.5 Å². The quantitative estimate of drug-likeness (QED) is 0.667. The van der Waals surface area contributed by atoms with Crippen LogP contribution in [0.2, 0.25) is 0 Å². The monoisotopic (exact) mass is 224 g/mol. The van der Waals surface area contributed by atoms with E-state index in [2.05, 4.69) is 20.1 Å². The first-order valence-corrected chi connectivity index (χ1v) is 5.09. The smallest absolute Gasteiger partial charge is 0.178 e. The van der Waals surface area contributed by atoms with Gasteiger partial charge in [-0.2, -0.15) is 0 Å². The molecular formula is C12H8N4O. The SMILES string of the molecule is c1ccc(-c2nccc(-c3ccon3)n2)nc1. The molecule has 0 saturated heterocycles. The van der Waals surface area contributed by atoms with Gasteiger partial charge >= 0.3 is 0 Å². The average molecular weight is 224 g/mol. The molecule has 82 valence electrons. The van der Waals surface area contributed by atoms with Gasteiger partial charge in [0, 0.05) is 18.5 Å². The summed E-state index contributed by atoms with van der Waals surface area (Å²) in [4.78, 5) is 12.8. The highest BCUT2D eigenvalue weighted by Gasteiger charge is 2.06. The van der Waals surface area contributed by atoms with Crippen molar-refractivity contribution in [2.24, 2.45) is 0 Å². The third kappa shape index (κ3) is 1.90. The minimum Gasteiger partial charge on any atom is -0.364 e. The maximum atomic E-state index is 4.79. The van der Waals surface area contributed by atoms with Gasteiger partial charge in [-0.3, -0.25) is 4.98 Å². The molecule has 5 heteroatoms. The van der Waals surface area contributed by atoms with Gasteiger partial charge in [-0.25, -0.2) is 9.97 Å². The van der Waals surface area contributed by atoms with Gasteiger partial charge in [-0.15, -0.1) is 0 Å². The molecule has 5 nitrogen and oxygen atoms in total. The van der Waals surface area contributed by atoms with E-state index in [9.17, 15) is 0 Å². The number of aromatic nitrogens is 4. The maximum absolute atomic E-state index is 4.79. The molecule has 0 spiro atoms. The predicted molar refractivity (Wildman–Crippen MR) is 60.8 cm³/mol. The Kier molecular flexibility index (Phi) is 2.34. The number of hydrogen-bond donors (Lipinski definition) is 0. The lowest BCUT2D eigenvalue weighted by Crippen LogP contribution is -1.93. The summed E-state index contributed by atoms with van der Waals surface area (Å²) in [6.07, 6.45) is 4.90. The van der Waals surface area contributed by atoms with Gasteiger partial charge in [0.2, 0.25) is 0 Å². The van der Waals surface area contributed by atoms with E-state index in [0.717, 1.165) is 11.4 Å². The molecule has 17 heavy (non-hydrogen) atoms. The first kappa shape index (κ1) is 9.65. The van der Waals surface area contributed by atoms with Crippen LogP contribution < -0.4 is 0 Å². The zero-order valence-corrected chi connectivity index (χ0v) is 8.82. The fraction of sp³-hybridized carbons (Fsp3) is 0. The molecule has 0 radical (unpaired) electrons. The molecule has 3 rings (SSSR count). The number of hydrogen-bond acceptors (Lipinski definition) is 5. The molecular weight excluding hydrogens is 216 g/mol. The Bertz CT molecular complexity index is 607. The fourth-order valence-corrected chi connectivity index (χ4v) is 1.46. The Morgan fingerprint density at radius 1 is 0.824 bits per heavy atom. The Labute approximate surface area is 97.2 Å². The van der Waals surface area contributed by atoms with Crippen LogP contribution in [0.5, 0.6) is 0 Å². The van der Waals surface area contributed by atoms with Crippen molar-refractivity contribution in [2.45, 2.75) is 0 Å².